The van der Waals surface area contributed by atoms with Gasteiger partial charge < -0.3 is 4.74 Å². The van der Waals surface area contributed by atoms with Gasteiger partial charge in [0.25, 0.3) is 5.69 Å². The van der Waals surface area contributed by atoms with Crippen LogP contribution in [0.4, 0.5) is 5.69 Å². The minimum absolute atomic E-state index is 0.0524. The third-order valence-electron chi connectivity index (χ3n) is 3.11. The van der Waals surface area contributed by atoms with Gasteiger partial charge in [-0.1, -0.05) is 23.7 Å². The largest absolute Gasteiger partial charge is 0.460 e. The molecule has 0 amide bonds. The molecule has 0 aliphatic heterocycles. The van der Waals surface area contributed by atoms with Gasteiger partial charge in [0, 0.05) is 11.1 Å². The number of rotatable bonds is 7. The van der Waals surface area contributed by atoms with E-state index in [1.54, 1.807) is 6.07 Å². The number of ether oxygens (including phenoxy) is 1. The molecule has 10 heteroatoms. The summed E-state index contributed by atoms with van der Waals surface area (Å²) in [6.07, 6.45) is 0. The lowest BCUT2D eigenvalue weighted by Gasteiger charge is -2.08. The molecule has 0 bridgehead atoms. The molecule has 0 spiro atoms. The Labute approximate surface area is 148 Å². The van der Waals surface area contributed by atoms with Crippen LogP contribution >= 0.6 is 11.6 Å². The highest BCUT2D eigenvalue weighted by molar-refractivity contribution is 7.89. The van der Waals surface area contributed by atoms with E-state index in [1.165, 1.54) is 42.5 Å². The summed E-state index contributed by atoms with van der Waals surface area (Å²) in [5.74, 6) is -0.865. The van der Waals surface area contributed by atoms with E-state index < -0.39 is 27.5 Å². The molecule has 132 valence electrons. The second-order valence-corrected chi connectivity index (χ2v) is 7.03. The fraction of sp³-hybridized carbons (Fsp3) is 0.133. The van der Waals surface area contributed by atoms with Crippen molar-refractivity contribution in [3.8, 4) is 0 Å². The normalized spacial score (nSPS) is 11.1. The van der Waals surface area contributed by atoms with Gasteiger partial charge in [0.15, 0.2) is 0 Å². The van der Waals surface area contributed by atoms with Gasteiger partial charge in [0.05, 0.1) is 15.4 Å². The van der Waals surface area contributed by atoms with E-state index in [0.717, 1.165) is 0 Å². The summed E-state index contributed by atoms with van der Waals surface area (Å²) in [5, 5.41) is 11.2. The maximum Gasteiger partial charge on any atom is 0.321 e. The maximum absolute atomic E-state index is 12.0. The van der Waals surface area contributed by atoms with Crippen molar-refractivity contribution in [3.05, 3.63) is 69.2 Å². The summed E-state index contributed by atoms with van der Waals surface area (Å²) in [5.41, 5.74) is 0.0263. The lowest BCUT2D eigenvalue weighted by molar-refractivity contribution is -0.385. The maximum atomic E-state index is 12.0. The Balaban J connectivity index is 1.93. The fourth-order valence-corrected chi connectivity index (χ4v) is 2.97. The van der Waals surface area contributed by atoms with E-state index in [2.05, 4.69) is 4.72 Å². The first kappa shape index (κ1) is 18.8. The Morgan fingerprint density at radius 2 is 1.80 bits per heavy atom. The minimum Gasteiger partial charge on any atom is -0.460 e. The van der Waals surface area contributed by atoms with Crippen LogP contribution in [0.25, 0.3) is 0 Å². The standard InChI is InChI=1S/C15H13ClN2O6S/c16-12-5-7-13(8-6-12)25(22,23)17-9-15(19)24-10-11-3-1-2-4-14(11)18(20)21/h1-8,17H,9-10H2. The SMILES string of the molecule is O=C(CNS(=O)(=O)c1ccc(Cl)cc1)OCc1ccccc1[N+](=O)[O-]. The van der Waals surface area contributed by atoms with Gasteiger partial charge in [-0.15, -0.1) is 0 Å². The number of nitro groups is 1. The molecule has 0 atom stereocenters. The Hall–Kier alpha value is -2.49. The average Bonchev–Trinajstić information content (AvgIpc) is 2.59. The van der Waals surface area contributed by atoms with Crippen molar-refractivity contribution in [3.63, 3.8) is 0 Å². The van der Waals surface area contributed by atoms with Crippen LogP contribution in [-0.4, -0.2) is 25.9 Å². The van der Waals surface area contributed by atoms with E-state index in [9.17, 15) is 23.3 Å². The van der Waals surface area contributed by atoms with Gasteiger partial charge in [-0.25, -0.2) is 8.42 Å². The predicted molar refractivity (Wildman–Crippen MR) is 89.5 cm³/mol. The molecule has 0 aliphatic rings. The first-order chi connectivity index (χ1) is 11.8. The van der Waals surface area contributed by atoms with Gasteiger partial charge in [-0.2, -0.15) is 4.72 Å². The molecule has 1 N–H and O–H groups in total. The molecule has 0 aromatic heterocycles. The van der Waals surface area contributed by atoms with Crippen molar-refractivity contribution in [2.75, 3.05) is 6.54 Å². The van der Waals surface area contributed by atoms with E-state index >= 15 is 0 Å². The molecular weight excluding hydrogens is 372 g/mol. The van der Waals surface area contributed by atoms with Gasteiger partial charge in [0.2, 0.25) is 10.0 Å². The Kier molecular flexibility index (Phi) is 6.07. The summed E-state index contributed by atoms with van der Waals surface area (Å²) in [6, 6.07) is 11.2. The molecule has 0 saturated heterocycles. The van der Waals surface area contributed by atoms with Crippen molar-refractivity contribution in [2.45, 2.75) is 11.5 Å². The third kappa shape index (κ3) is 5.24. The minimum atomic E-state index is -3.89. The van der Waals surface area contributed by atoms with Crippen LogP contribution in [0.2, 0.25) is 5.02 Å². The highest BCUT2D eigenvalue weighted by Crippen LogP contribution is 2.18. The number of nitrogens with zero attached hydrogens (tertiary/aromatic N) is 1. The summed E-state index contributed by atoms with van der Waals surface area (Å²) in [4.78, 5) is 21.9. The number of nitrogens with one attached hydrogen (secondary N) is 1. The van der Waals surface area contributed by atoms with Crippen molar-refractivity contribution in [1.29, 1.82) is 0 Å². The van der Waals surface area contributed by atoms with Crippen molar-refractivity contribution in [2.24, 2.45) is 0 Å². The molecule has 25 heavy (non-hydrogen) atoms. The number of para-hydroxylation sites is 1. The predicted octanol–water partition coefficient (Wildman–Crippen LogP) is 2.27. The fourth-order valence-electron chi connectivity index (χ4n) is 1.87. The zero-order chi connectivity index (χ0) is 18.4. The Morgan fingerprint density at radius 1 is 1.16 bits per heavy atom. The number of nitro benzene ring substituents is 1. The zero-order valence-corrected chi connectivity index (χ0v) is 14.3. The zero-order valence-electron chi connectivity index (χ0n) is 12.7. The molecule has 0 radical (unpaired) electrons. The number of benzene rings is 2. The third-order valence-corrected chi connectivity index (χ3v) is 4.78. The Bertz CT molecular complexity index is 883. The molecule has 0 heterocycles. The molecule has 8 nitrogen and oxygen atoms in total. The monoisotopic (exact) mass is 384 g/mol. The van der Waals surface area contributed by atoms with Crippen LogP contribution in [0, 0.1) is 10.1 Å². The molecule has 2 rings (SSSR count). The number of hydrogen-bond donors (Lipinski definition) is 1. The molecule has 2 aromatic carbocycles. The lowest BCUT2D eigenvalue weighted by Crippen LogP contribution is -2.30. The number of sulfonamides is 1. The summed E-state index contributed by atoms with van der Waals surface area (Å²) in [7, 11) is -3.89. The van der Waals surface area contributed by atoms with Crippen molar-refractivity contribution in [1.82, 2.24) is 4.72 Å². The quantitative estimate of drug-likeness (QED) is 0.444. The second kappa shape index (κ2) is 8.06. The number of hydrogen-bond acceptors (Lipinski definition) is 6. The number of carbonyl (C=O) groups excluding carboxylic acids is 1. The van der Waals surface area contributed by atoms with Gasteiger partial charge in [-0.05, 0) is 30.3 Å². The van der Waals surface area contributed by atoms with Crippen LogP contribution in [0.15, 0.2) is 53.4 Å². The summed E-state index contributed by atoms with van der Waals surface area (Å²) in [6.45, 7) is -0.940. The summed E-state index contributed by atoms with van der Waals surface area (Å²) < 4.78 is 31.0. The molecule has 0 unspecified atom stereocenters. The van der Waals surface area contributed by atoms with Gasteiger partial charge in [-0.3, -0.25) is 14.9 Å². The highest BCUT2D eigenvalue weighted by Gasteiger charge is 2.17. The number of carbonyl (C=O) groups is 1. The van der Waals surface area contributed by atoms with Gasteiger partial charge >= 0.3 is 5.97 Å². The van der Waals surface area contributed by atoms with E-state index in [1.807, 2.05) is 0 Å². The number of halogens is 1. The van der Waals surface area contributed by atoms with E-state index in [4.69, 9.17) is 16.3 Å². The molecule has 0 saturated carbocycles. The van der Waals surface area contributed by atoms with Crippen molar-refractivity contribution >= 4 is 33.3 Å². The smallest absolute Gasteiger partial charge is 0.321 e. The lowest BCUT2D eigenvalue weighted by atomic mass is 10.2. The second-order valence-electron chi connectivity index (χ2n) is 4.82. The van der Waals surface area contributed by atoms with Crippen LogP contribution in [0.5, 0.6) is 0 Å². The van der Waals surface area contributed by atoms with Crippen molar-refractivity contribution < 1.29 is 22.9 Å². The molecular formula is C15H13ClN2O6S. The highest BCUT2D eigenvalue weighted by atomic mass is 35.5. The first-order valence-electron chi connectivity index (χ1n) is 6.93. The van der Waals surface area contributed by atoms with Crippen LogP contribution in [0.3, 0.4) is 0 Å². The Morgan fingerprint density at radius 3 is 2.44 bits per heavy atom. The van der Waals surface area contributed by atoms with Crippen LogP contribution in [0.1, 0.15) is 5.56 Å². The number of esters is 1. The average molecular weight is 385 g/mol. The topological polar surface area (TPSA) is 116 Å². The molecule has 2 aromatic rings. The van der Waals surface area contributed by atoms with E-state index in [0.29, 0.717) is 5.02 Å². The van der Waals surface area contributed by atoms with Crippen LogP contribution < -0.4 is 4.72 Å². The molecule has 0 fully saturated rings. The molecule has 0 aliphatic carbocycles. The van der Waals surface area contributed by atoms with E-state index in [-0.39, 0.29) is 22.8 Å². The van der Waals surface area contributed by atoms with Gasteiger partial charge in [0.1, 0.15) is 13.2 Å². The van der Waals surface area contributed by atoms with Crippen LogP contribution in [-0.2, 0) is 26.2 Å². The first-order valence-corrected chi connectivity index (χ1v) is 8.79. The summed E-state index contributed by atoms with van der Waals surface area (Å²) >= 11 is 5.69.